The molecule has 0 unspecified atom stereocenters. The number of ether oxygens (including phenoxy) is 1. The van der Waals surface area contributed by atoms with Crippen molar-refractivity contribution >= 4 is 5.78 Å². The summed E-state index contributed by atoms with van der Waals surface area (Å²) >= 11 is 0. The molecule has 3 heteroatoms. The second-order valence-electron chi connectivity index (χ2n) is 2.71. The fourth-order valence-electron chi connectivity index (χ4n) is 1.06. The maximum atomic E-state index is 11.1. The lowest BCUT2D eigenvalue weighted by Crippen LogP contribution is -2.51. The zero-order valence-electron chi connectivity index (χ0n) is 6.09. The van der Waals surface area contributed by atoms with E-state index in [9.17, 15) is 4.79 Å². The molecule has 0 radical (unpaired) electrons. The molecule has 0 bridgehead atoms. The third-order valence-corrected chi connectivity index (χ3v) is 1.97. The van der Waals surface area contributed by atoms with Gasteiger partial charge in [-0.3, -0.25) is 4.79 Å². The Labute approximate surface area is 60.0 Å². The first-order valence-corrected chi connectivity index (χ1v) is 3.47. The van der Waals surface area contributed by atoms with Gasteiger partial charge in [0.15, 0.2) is 0 Å². The number of aliphatic hydroxyl groups excluding tert-OH is 1. The third-order valence-electron chi connectivity index (χ3n) is 1.97. The molecule has 1 fully saturated rings. The summed E-state index contributed by atoms with van der Waals surface area (Å²) in [5, 5.41) is 8.84. The zero-order valence-corrected chi connectivity index (χ0v) is 6.09. The van der Waals surface area contributed by atoms with Crippen molar-refractivity contribution in [2.24, 2.45) is 5.41 Å². The Morgan fingerprint density at radius 3 is 2.40 bits per heavy atom. The normalized spacial score (nSPS) is 21.8. The van der Waals surface area contributed by atoms with Crippen LogP contribution in [0.3, 0.4) is 0 Å². The number of Topliss-reactive ketones (excluding diaryl/α,β-unsaturated/α-hetero) is 1. The quantitative estimate of drug-likeness (QED) is 0.605. The number of aliphatic hydroxyl groups is 1. The first-order chi connectivity index (χ1) is 4.75. The summed E-state index contributed by atoms with van der Waals surface area (Å²) in [5.74, 6) is 0.112. The van der Waals surface area contributed by atoms with Crippen LogP contribution in [0.4, 0.5) is 0 Å². The van der Waals surface area contributed by atoms with Crippen LogP contribution in [0.5, 0.6) is 0 Å². The highest BCUT2D eigenvalue weighted by atomic mass is 16.5. The fraction of sp³-hybridized carbons (Fsp3) is 0.857. The molecule has 3 nitrogen and oxygen atoms in total. The highest BCUT2D eigenvalue weighted by Gasteiger charge is 2.43. The van der Waals surface area contributed by atoms with E-state index in [1.54, 1.807) is 6.92 Å². The predicted molar refractivity (Wildman–Crippen MR) is 35.6 cm³/mol. The molecule has 1 rings (SSSR count). The van der Waals surface area contributed by atoms with Gasteiger partial charge in [0.1, 0.15) is 5.78 Å². The van der Waals surface area contributed by atoms with E-state index in [-0.39, 0.29) is 12.4 Å². The van der Waals surface area contributed by atoms with E-state index in [4.69, 9.17) is 9.84 Å². The molecule has 0 saturated carbocycles. The van der Waals surface area contributed by atoms with E-state index < -0.39 is 5.41 Å². The van der Waals surface area contributed by atoms with Gasteiger partial charge in [0.05, 0.1) is 25.2 Å². The van der Waals surface area contributed by atoms with Gasteiger partial charge in [0, 0.05) is 6.42 Å². The minimum atomic E-state index is -0.533. The van der Waals surface area contributed by atoms with Gasteiger partial charge in [-0.1, -0.05) is 6.92 Å². The van der Waals surface area contributed by atoms with Crippen LogP contribution in [-0.4, -0.2) is 30.7 Å². The molecule has 1 heterocycles. The van der Waals surface area contributed by atoms with Gasteiger partial charge >= 0.3 is 0 Å². The topological polar surface area (TPSA) is 46.5 Å². The van der Waals surface area contributed by atoms with Crippen LogP contribution in [-0.2, 0) is 9.53 Å². The van der Waals surface area contributed by atoms with Gasteiger partial charge in [-0.05, 0) is 0 Å². The minimum absolute atomic E-state index is 0.0698. The van der Waals surface area contributed by atoms with Crippen LogP contribution in [0.15, 0.2) is 0 Å². The molecule has 1 saturated heterocycles. The Hall–Kier alpha value is -0.410. The van der Waals surface area contributed by atoms with Gasteiger partial charge < -0.3 is 9.84 Å². The van der Waals surface area contributed by atoms with E-state index in [0.717, 1.165) is 0 Å². The minimum Gasteiger partial charge on any atom is -0.395 e. The number of hydrogen-bond donors (Lipinski definition) is 1. The summed E-state index contributed by atoms with van der Waals surface area (Å²) in [4.78, 5) is 11.1. The largest absolute Gasteiger partial charge is 0.395 e. The standard InChI is InChI=1S/C7H12O3/c1-2-6(9)7(3-8)4-10-5-7/h8H,2-5H2,1H3. The second kappa shape index (κ2) is 2.68. The SMILES string of the molecule is CCC(=O)C1(CO)COC1. The first-order valence-electron chi connectivity index (χ1n) is 3.47. The maximum Gasteiger partial charge on any atom is 0.145 e. The Morgan fingerprint density at radius 2 is 2.30 bits per heavy atom. The van der Waals surface area contributed by atoms with Crippen molar-refractivity contribution in [3.05, 3.63) is 0 Å². The molecule has 1 aliphatic rings. The maximum absolute atomic E-state index is 11.1. The molecule has 0 spiro atoms. The van der Waals surface area contributed by atoms with Crippen LogP contribution in [0.25, 0.3) is 0 Å². The highest BCUT2D eigenvalue weighted by molar-refractivity contribution is 5.85. The van der Waals surface area contributed by atoms with E-state index in [1.165, 1.54) is 0 Å². The molecule has 0 aliphatic carbocycles. The lowest BCUT2D eigenvalue weighted by Gasteiger charge is -2.37. The van der Waals surface area contributed by atoms with Crippen molar-refractivity contribution in [2.45, 2.75) is 13.3 Å². The second-order valence-corrected chi connectivity index (χ2v) is 2.71. The molecule has 58 valence electrons. The number of ketones is 1. The lowest BCUT2D eigenvalue weighted by atomic mass is 9.81. The average Bonchev–Trinajstić information content (AvgIpc) is 1.86. The van der Waals surface area contributed by atoms with Gasteiger partial charge in [-0.2, -0.15) is 0 Å². The van der Waals surface area contributed by atoms with Gasteiger partial charge in [-0.25, -0.2) is 0 Å². The third kappa shape index (κ3) is 0.954. The van der Waals surface area contributed by atoms with Crippen LogP contribution in [0.2, 0.25) is 0 Å². The number of hydrogen-bond acceptors (Lipinski definition) is 3. The molecule has 0 aromatic rings. The molecule has 1 N–H and O–H groups in total. The van der Waals surface area contributed by atoms with E-state index in [1.807, 2.05) is 0 Å². The van der Waals surface area contributed by atoms with Crippen LogP contribution < -0.4 is 0 Å². The number of rotatable bonds is 3. The summed E-state index contributed by atoms with van der Waals surface area (Å²) in [7, 11) is 0. The van der Waals surface area contributed by atoms with Crippen LogP contribution in [0, 0.1) is 5.41 Å². The summed E-state index contributed by atoms with van der Waals surface area (Å²) in [6.45, 7) is 2.53. The molecule has 10 heavy (non-hydrogen) atoms. The van der Waals surface area contributed by atoms with Gasteiger partial charge in [-0.15, -0.1) is 0 Å². The average molecular weight is 144 g/mol. The van der Waals surface area contributed by atoms with E-state index >= 15 is 0 Å². The van der Waals surface area contributed by atoms with E-state index in [0.29, 0.717) is 19.6 Å². The van der Waals surface area contributed by atoms with Crippen molar-refractivity contribution in [2.75, 3.05) is 19.8 Å². The van der Waals surface area contributed by atoms with Crippen molar-refractivity contribution in [1.82, 2.24) is 0 Å². The van der Waals surface area contributed by atoms with Gasteiger partial charge in [0.2, 0.25) is 0 Å². The van der Waals surface area contributed by atoms with Crippen molar-refractivity contribution in [3.8, 4) is 0 Å². The molecule has 1 aliphatic heterocycles. The predicted octanol–water partition coefficient (Wildman–Crippen LogP) is -0.0256. The summed E-state index contributed by atoms with van der Waals surface area (Å²) in [5.41, 5.74) is -0.533. The summed E-state index contributed by atoms with van der Waals surface area (Å²) in [6, 6.07) is 0. The number of carbonyl (C=O) groups excluding carboxylic acids is 1. The van der Waals surface area contributed by atoms with E-state index in [2.05, 4.69) is 0 Å². The Bertz CT molecular complexity index is 132. The smallest absolute Gasteiger partial charge is 0.145 e. The van der Waals surface area contributed by atoms with Gasteiger partial charge in [0.25, 0.3) is 0 Å². The fourth-order valence-corrected chi connectivity index (χ4v) is 1.06. The van der Waals surface area contributed by atoms with Crippen LogP contribution >= 0.6 is 0 Å². The van der Waals surface area contributed by atoms with Crippen LogP contribution in [0.1, 0.15) is 13.3 Å². The molecular weight excluding hydrogens is 132 g/mol. The molecule has 0 amide bonds. The number of carbonyl (C=O) groups is 1. The Balaban J connectivity index is 2.55. The van der Waals surface area contributed by atoms with Crippen molar-refractivity contribution in [1.29, 1.82) is 0 Å². The highest BCUT2D eigenvalue weighted by Crippen LogP contribution is 2.28. The lowest BCUT2D eigenvalue weighted by molar-refractivity contribution is -0.167. The first kappa shape index (κ1) is 7.69. The Kier molecular flexibility index (Phi) is 2.06. The molecule has 0 aromatic heterocycles. The molecule has 0 aromatic carbocycles. The molecule has 0 atom stereocenters. The monoisotopic (exact) mass is 144 g/mol. The summed E-state index contributed by atoms with van der Waals surface area (Å²) < 4.78 is 4.87. The van der Waals surface area contributed by atoms with Crippen molar-refractivity contribution in [3.63, 3.8) is 0 Å². The zero-order chi connectivity index (χ0) is 7.61. The van der Waals surface area contributed by atoms with Crippen molar-refractivity contribution < 1.29 is 14.6 Å². The molecular formula is C7H12O3. The summed E-state index contributed by atoms with van der Waals surface area (Å²) in [6.07, 6.45) is 0.490. The Morgan fingerprint density at radius 1 is 1.70 bits per heavy atom.